The van der Waals surface area contributed by atoms with Crippen LogP contribution < -0.4 is 10.6 Å². The molecular formula is C21H20BrN3O2S. The van der Waals surface area contributed by atoms with E-state index in [9.17, 15) is 9.59 Å². The summed E-state index contributed by atoms with van der Waals surface area (Å²) in [6.45, 7) is 2.18. The zero-order valence-corrected chi connectivity index (χ0v) is 17.8. The number of nitrogens with one attached hydrogen (secondary N) is 2. The fourth-order valence-electron chi connectivity index (χ4n) is 2.59. The maximum Gasteiger partial charge on any atom is 0.270 e. The van der Waals surface area contributed by atoms with E-state index >= 15 is 0 Å². The average Bonchev–Trinajstić information content (AvgIpc) is 3.14. The predicted molar refractivity (Wildman–Crippen MR) is 116 cm³/mol. The van der Waals surface area contributed by atoms with Crippen molar-refractivity contribution < 1.29 is 9.59 Å². The summed E-state index contributed by atoms with van der Waals surface area (Å²) in [5.41, 5.74) is 3.28. The van der Waals surface area contributed by atoms with E-state index in [2.05, 4.69) is 31.5 Å². The normalized spacial score (nSPS) is 10.5. The number of nitrogens with zero attached hydrogens (tertiary/aromatic N) is 1. The lowest BCUT2D eigenvalue weighted by atomic mass is 10.2. The molecule has 0 atom stereocenters. The molecule has 0 saturated carbocycles. The number of anilines is 1. The number of thiazole rings is 1. The molecule has 0 aliphatic heterocycles. The molecule has 0 radical (unpaired) electrons. The molecule has 2 aromatic carbocycles. The lowest BCUT2D eigenvalue weighted by Crippen LogP contribution is -2.28. The van der Waals surface area contributed by atoms with Gasteiger partial charge in [0.25, 0.3) is 5.91 Å². The van der Waals surface area contributed by atoms with Crippen LogP contribution in [-0.2, 0) is 11.2 Å². The van der Waals surface area contributed by atoms with E-state index in [1.54, 1.807) is 5.38 Å². The van der Waals surface area contributed by atoms with Crippen LogP contribution in [-0.4, -0.2) is 23.3 Å². The van der Waals surface area contributed by atoms with Gasteiger partial charge in [0.05, 0.1) is 5.01 Å². The first kappa shape index (κ1) is 20.2. The molecule has 0 fully saturated rings. The fourth-order valence-corrected chi connectivity index (χ4v) is 3.76. The quantitative estimate of drug-likeness (QED) is 0.545. The summed E-state index contributed by atoms with van der Waals surface area (Å²) in [7, 11) is 0. The van der Waals surface area contributed by atoms with E-state index in [1.807, 2.05) is 55.5 Å². The molecule has 0 bridgehead atoms. The van der Waals surface area contributed by atoms with E-state index in [0.717, 1.165) is 26.3 Å². The third-order valence-electron chi connectivity index (χ3n) is 4.09. The SMILES string of the molecule is Cc1ccc(Br)cc1NC(=O)CCNC(=O)c1csc(Cc2ccccc2)n1. The van der Waals surface area contributed by atoms with Gasteiger partial charge in [-0.25, -0.2) is 4.98 Å². The van der Waals surface area contributed by atoms with Crippen molar-refractivity contribution in [2.75, 3.05) is 11.9 Å². The Morgan fingerprint density at radius 1 is 1.14 bits per heavy atom. The molecule has 0 unspecified atom stereocenters. The van der Waals surface area contributed by atoms with Crippen LogP contribution in [0.3, 0.4) is 0 Å². The third kappa shape index (κ3) is 5.74. The number of hydrogen-bond donors (Lipinski definition) is 2. The highest BCUT2D eigenvalue weighted by Crippen LogP contribution is 2.20. The van der Waals surface area contributed by atoms with Crippen LogP contribution in [0.2, 0.25) is 0 Å². The maximum atomic E-state index is 12.2. The van der Waals surface area contributed by atoms with Gasteiger partial charge in [-0.05, 0) is 30.2 Å². The van der Waals surface area contributed by atoms with Gasteiger partial charge in [-0.3, -0.25) is 9.59 Å². The van der Waals surface area contributed by atoms with E-state index in [1.165, 1.54) is 11.3 Å². The molecule has 28 heavy (non-hydrogen) atoms. The lowest BCUT2D eigenvalue weighted by molar-refractivity contribution is -0.116. The van der Waals surface area contributed by atoms with Crippen molar-refractivity contribution in [3.05, 3.63) is 80.2 Å². The van der Waals surface area contributed by atoms with Gasteiger partial charge in [0, 0.05) is 34.9 Å². The smallest absolute Gasteiger partial charge is 0.270 e. The molecule has 0 saturated heterocycles. The second-order valence-electron chi connectivity index (χ2n) is 6.30. The second kappa shape index (κ2) is 9.61. The number of aryl methyl sites for hydroxylation is 1. The lowest BCUT2D eigenvalue weighted by Gasteiger charge is -2.09. The molecule has 0 spiro atoms. The van der Waals surface area contributed by atoms with Gasteiger partial charge in [-0.2, -0.15) is 0 Å². The third-order valence-corrected chi connectivity index (χ3v) is 5.44. The highest BCUT2D eigenvalue weighted by Gasteiger charge is 2.12. The summed E-state index contributed by atoms with van der Waals surface area (Å²) in [5.74, 6) is -0.411. The minimum absolute atomic E-state index is 0.149. The average molecular weight is 458 g/mol. The van der Waals surface area contributed by atoms with Crippen molar-refractivity contribution in [2.45, 2.75) is 19.8 Å². The summed E-state index contributed by atoms with van der Waals surface area (Å²) in [5, 5.41) is 8.25. The number of hydrogen-bond acceptors (Lipinski definition) is 4. The van der Waals surface area contributed by atoms with Gasteiger partial charge in [-0.15, -0.1) is 11.3 Å². The monoisotopic (exact) mass is 457 g/mol. The van der Waals surface area contributed by atoms with Crippen molar-refractivity contribution in [1.82, 2.24) is 10.3 Å². The molecule has 7 heteroatoms. The van der Waals surface area contributed by atoms with Gasteiger partial charge in [0.2, 0.25) is 5.91 Å². The minimum Gasteiger partial charge on any atom is -0.350 e. The Bertz CT molecular complexity index is 973. The first-order valence-corrected chi connectivity index (χ1v) is 10.5. The minimum atomic E-state index is -0.262. The number of halogens is 1. The number of carbonyl (C=O) groups excluding carboxylic acids is 2. The van der Waals surface area contributed by atoms with Gasteiger partial charge in [0.1, 0.15) is 5.69 Å². The first-order chi connectivity index (χ1) is 13.5. The summed E-state index contributed by atoms with van der Waals surface area (Å²) in [6.07, 6.45) is 0.895. The van der Waals surface area contributed by atoms with Gasteiger partial charge < -0.3 is 10.6 Å². The van der Waals surface area contributed by atoms with Crippen LogP contribution in [0.4, 0.5) is 5.69 Å². The highest BCUT2D eigenvalue weighted by atomic mass is 79.9. The Morgan fingerprint density at radius 3 is 2.71 bits per heavy atom. The number of amides is 2. The van der Waals surface area contributed by atoms with Crippen molar-refractivity contribution in [1.29, 1.82) is 0 Å². The molecule has 1 aromatic heterocycles. The van der Waals surface area contributed by atoms with Crippen LogP contribution in [0.25, 0.3) is 0 Å². The van der Waals surface area contributed by atoms with Crippen LogP contribution in [0.1, 0.15) is 33.0 Å². The van der Waals surface area contributed by atoms with E-state index in [4.69, 9.17) is 0 Å². The predicted octanol–water partition coefficient (Wildman–Crippen LogP) is 4.56. The molecule has 0 aliphatic carbocycles. The standard InChI is InChI=1S/C21H20BrN3O2S/c1-14-7-8-16(22)12-17(14)24-19(26)9-10-23-21(27)18-13-28-20(25-18)11-15-5-3-2-4-6-15/h2-8,12-13H,9-11H2,1H3,(H,23,27)(H,24,26). The number of aromatic nitrogens is 1. The van der Waals surface area contributed by atoms with Crippen LogP contribution >= 0.6 is 27.3 Å². The van der Waals surface area contributed by atoms with E-state index in [0.29, 0.717) is 12.1 Å². The molecule has 2 N–H and O–H groups in total. The summed E-state index contributed by atoms with van der Waals surface area (Å²) in [6, 6.07) is 15.7. The van der Waals surface area contributed by atoms with Crippen LogP contribution in [0, 0.1) is 6.92 Å². The summed E-state index contributed by atoms with van der Waals surface area (Å²) < 4.78 is 0.900. The Kier molecular flexibility index (Phi) is 6.95. The van der Waals surface area contributed by atoms with Crippen LogP contribution in [0.5, 0.6) is 0 Å². The largest absolute Gasteiger partial charge is 0.350 e. The number of carbonyl (C=O) groups is 2. The van der Waals surface area contributed by atoms with Gasteiger partial charge in [-0.1, -0.05) is 52.3 Å². The Hall–Kier alpha value is -2.51. The van der Waals surface area contributed by atoms with Gasteiger partial charge in [0.15, 0.2) is 0 Å². The summed E-state index contributed by atoms with van der Waals surface area (Å²) >= 11 is 4.85. The molecular weight excluding hydrogens is 438 g/mol. The maximum absolute atomic E-state index is 12.2. The molecule has 144 valence electrons. The van der Waals surface area contributed by atoms with Gasteiger partial charge >= 0.3 is 0 Å². The molecule has 1 heterocycles. The zero-order chi connectivity index (χ0) is 19.9. The summed E-state index contributed by atoms with van der Waals surface area (Å²) in [4.78, 5) is 28.7. The van der Waals surface area contributed by atoms with E-state index in [-0.39, 0.29) is 24.8 Å². The molecule has 3 rings (SSSR count). The van der Waals surface area contributed by atoms with Crippen LogP contribution in [0.15, 0.2) is 58.4 Å². The molecule has 2 amide bonds. The highest BCUT2D eigenvalue weighted by molar-refractivity contribution is 9.10. The fraction of sp³-hybridized carbons (Fsp3) is 0.190. The Balaban J connectivity index is 1.46. The topological polar surface area (TPSA) is 71.1 Å². The second-order valence-corrected chi connectivity index (χ2v) is 8.16. The van der Waals surface area contributed by atoms with Crippen molar-refractivity contribution >= 4 is 44.8 Å². The van der Waals surface area contributed by atoms with Crippen molar-refractivity contribution in [3.63, 3.8) is 0 Å². The molecule has 5 nitrogen and oxygen atoms in total. The van der Waals surface area contributed by atoms with Crippen molar-refractivity contribution in [2.24, 2.45) is 0 Å². The van der Waals surface area contributed by atoms with E-state index < -0.39 is 0 Å². The Morgan fingerprint density at radius 2 is 1.93 bits per heavy atom. The Labute approximate surface area is 176 Å². The number of benzene rings is 2. The zero-order valence-electron chi connectivity index (χ0n) is 15.4. The number of rotatable bonds is 7. The molecule has 3 aromatic rings. The first-order valence-electron chi connectivity index (χ1n) is 8.84. The molecule has 0 aliphatic rings. The van der Waals surface area contributed by atoms with Crippen molar-refractivity contribution in [3.8, 4) is 0 Å².